The minimum Gasteiger partial charge on any atom is -0.497 e. The van der Waals surface area contributed by atoms with Crippen LogP contribution >= 0.6 is 0 Å². The summed E-state index contributed by atoms with van der Waals surface area (Å²) in [4.78, 5) is 29.3. The summed E-state index contributed by atoms with van der Waals surface area (Å²) < 4.78 is 19.6. The van der Waals surface area contributed by atoms with E-state index in [0.29, 0.717) is 34.1 Å². The molecule has 1 aliphatic heterocycles. The van der Waals surface area contributed by atoms with Crippen LogP contribution in [-0.4, -0.2) is 81.3 Å². The van der Waals surface area contributed by atoms with E-state index < -0.39 is 0 Å². The zero-order valence-corrected chi connectivity index (χ0v) is 22.5. The molecule has 1 saturated heterocycles. The van der Waals surface area contributed by atoms with Crippen LogP contribution in [-0.2, 0) is 18.3 Å². The van der Waals surface area contributed by atoms with E-state index in [9.17, 15) is 4.79 Å². The monoisotopic (exact) mass is 532 g/mol. The first-order chi connectivity index (χ1) is 18.9. The maximum atomic E-state index is 13.1. The highest BCUT2D eigenvalue weighted by molar-refractivity contribution is 5.73. The quantitative estimate of drug-likeness (QED) is 0.359. The lowest BCUT2D eigenvalue weighted by Gasteiger charge is -2.26. The van der Waals surface area contributed by atoms with Crippen LogP contribution < -0.4 is 20.8 Å². The van der Waals surface area contributed by atoms with Crippen LogP contribution in [0.3, 0.4) is 0 Å². The maximum Gasteiger partial charge on any atom is 0.276 e. The molecule has 5 rings (SSSR count). The summed E-state index contributed by atoms with van der Waals surface area (Å²) in [5.41, 5.74) is 9.84. The number of aromatic nitrogens is 6. The molecule has 1 aliphatic rings. The largest absolute Gasteiger partial charge is 0.497 e. The van der Waals surface area contributed by atoms with Gasteiger partial charge in [-0.15, -0.1) is 0 Å². The molecule has 0 bridgehead atoms. The molecule has 0 spiro atoms. The summed E-state index contributed by atoms with van der Waals surface area (Å²) in [7, 11) is 4.76. The molecule has 3 aromatic heterocycles. The molecule has 4 aromatic rings. The lowest BCUT2D eigenvalue weighted by molar-refractivity contribution is 0.0359. The molecule has 1 aromatic carbocycles. The number of hydrogen-bond donors (Lipinski definition) is 1. The van der Waals surface area contributed by atoms with Crippen LogP contribution in [0.1, 0.15) is 5.69 Å². The molecule has 204 valence electrons. The van der Waals surface area contributed by atoms with Crippen LogP contribution in [0, 0.1) is 6.92 Å². The number of nitrogen functional groups attached to an aromatic ring is 1. The maximum absolute atomic E-state index is 13.1. The fourth-order valence-corrected chi connectivity index (χ4v) is 4.52. The van der Waals surface area contributed by atoms with Gasteiger partial charge in [0, 0.05) is 56.3 Å². The Morgan fingerprint density at radius 2 is 1.67 bits per heavy atom. The van der Waals surface area contributed by atoms with Crippen molar-refractivity contribution in [3.05, 3.63) is 52.8 Å². The van der Waals surface area contributed by atoms with Crippen LogP contribution in [0.2, 0.25) is 0 Å². The van der Waals surface area contributed by atoms with Crippen molar-refractivity contribution in [3.8, 4) is 45.4 Å². The number of methoxy groups -OCH3 is 2. The molecule has 39 heavy (non-hydrogen) atoms. The lowest BCUT2D eigenvalue weighted by atomic mass is 10.1. The molecular weight excluding hydrogens is 500 g/mol. The van der Waals surface area contributed by atoms with Gasteiger partial charge in [0.25, 0.3) is 5.56 Å². The lowest BCUT2D eigenvalue weighted by Crippen LogP contribution is -2.38. The van der Waals surface area contributed by atoms with Crippen LogP contribution in [0.5, 0.6) is 11.5 Å². The summed E-state index contributed by atoms with van der Waals surface area (Å²) in [6.45, 7) is 6.97. The molecule has 0 atom stereocenters. The van der Waals surface area contributed by atoms with Crippen molar-refractivity contribution in [2.24, 2.45) is 7.05 Å². The molecule has 0 amide bonds. The Kier molecular flexibility index (Phi) is 7.57. The zero-order valence-electron chi connectivity index (χ0n) is 22.5. The van der Waals surface area contributed by atoms with Gasteiger partial charge in [-0.05, 0) is 19.1 Å². The SMILES string of the molecule is COc1cc(OC)cc(-c2nc(-c3nc(-c4cn(CCN5CCOCC5)nc4C)cnc3N)cn(C)c2=O)c1. The minimum absolute atomic E-state index is 0.205. The van der Waals surface area contributed by atoms with Gasteiger partial charge < -0.3 is 24.5 Å². The second kappa shape index (κ2) is 11.2. The molecule has 4 heterocycles. The first kappa shape index (κ1) is 26.3. The molecular formula is C27H32N8O4. The second-order valence-electron chi connectivity index (χ2n) is 9.33. The fourth-order valence-electron chi connectivity index (χ4n) is 4.52. The topological polar surface area (TPSA) is 135 Å². The molecule has 0 saturated carbocycles. The van der Waals surface area contributed by atoms with E-state index in [-0.39, 0.29) is 17.1 Å². The molecule has 12 heteroatoms. The van der Waals surface area contributed by atoms with Crippen molar-refractivity contribution in [2.45, 2.75) is 13.5 Å². The van der Waals surface area contributed by atoms with Gasteiger partial charge in [0.05, 0.1) is 51.6 Å². The number of rotatable bonds is 8. The third-order valence-corrected chi connectivity index (χ3v) is 6.71. The molecule has 0 unspecified atom stereocenters. The van der Waals surface area contributed by atoms with Gasteiger partial charge in [0.1, 0.15) is 28.6 Å². The highest BCUT2D eigenvalue weighted by atomic mass is 16.5. The van der Waals surface area contributed by atoms with Gasteiger partial charge in [-0.1, -0.05) is 0 Å². The fraction of sp³-hybridized carbons (Fsp3) is 0.370. The van der Waals surface area contributed by atoms with Crippen molar-refractivity contribution in [1.82, 2.24) is 34.2 Å². The first-order valence-electron chi connectivity index (χ1n) is 12.6. The van der Waals surface area contributed by atoms with Crippen LogP contribution in [0.25, 0.3) is 33.9 Å². The zero-order chi connectivity index (χ0) is 27.5. The highest BCUT2D eigenvalue weighted by Crippen LogP contribution is 2.30. The van der Waals surface area contributed by atoms with E-state index in [1.54, 1.807) is 51.9 Å². The van der Waals surface area contributed by atoms with Gasteiger partial charge in [-0.2, -0.15) is 5.10 Å². The van der Waals surface area contributed by atoms with E-state index in [0.717, 1.165) is 50.7 Å². The molecule has 1 fully saturated rings. The number of benzene rings is 1. The van der Waals surface area contributed by atoms with E-state index in [2.05, 4.69) is 20.0 Å². The molecule has 2 N–H and O–H groups in total. The van der Waals surface area contributed by atoms with Crippen molar-refractivity contribution < 1.29 is 14.2 Å². The third-order valence-electron chi connectivity index (χ3n) is 6.71. The van der Waals surface area contributed by atoms with E-state index >= 15 is 0 Å². The van der Waals surface area contributed by atoms with Gasteiger partial charge in [-0.25, -0.2) is 15.0 Å². The smallest absolute Gasteiger partial charge is 0.276 e. The first-order valence-corrected chi connectivity index (χ1v) is 12.6. The Bertz CT molecular complexity index is 1520. The predicted octanol–water partition coefficient (Wildman–Crippen LogP) is 2.01. The number of nitrogens with zero attached hydrogens (tertiary/aromatic N) is 7. The predicted molar refractivity (Wildman–Crippen MR) is 147 cm³/mol. The summed E-state index contributed by atoms with van der Waals surface area (Å²) >= 11 is 0. The van der Waals surface area contributed by atoms with Gasteiger partial charge in [-0.3, -0.25) is 14.4 Å². The van der Waals surface area contributed by atoms with Gasteiger partial charge in [0.15, 0.2) is 5.82 Å². The normalized spacial score (nSPS) is 13.9. The summed E-state index contributed by atoms with van der Waals surface area (Å²) in [5.74, 6) is 1.29. The average molecular weight is 533 g/mol. The van der Waals surface area contributed by atoms with Crippen molar-refractivity contribution >= 4 is 5.82 Å². The summed E-state index contributed by atoms with van der Waals surface area (Å²) in [5, 5.41) is 4.68. The Hall–Kier alpha value is -4.29. The number of anilines is 1. The Morgan fingerprint density at radius 1 is 0.974 bits per heavy atom. The Balaban J connectivity index is 1.49. The number of nitrogens with two attached hydrogens (primary N) is 1. The number of ether oxygens (including phenoxy) is 3. The Labute approximate surface area is 226 Å². The van der Waals surface area contributed by atoms with Crippen molar-refractivity contribution in [1.29, 1.82) is 0 Å². The van der Waals surface area contributed by atoms with E-state index in [1.807, 2.05) is 17.8 Å². The highest BCUT2D eigenvalue weighted by Gasteiger charge is 2.18. The third kappa shape index (κ3) is 5.61. The molecule has 0 radical (unpaired) electrons. The Morgan fingerprint density at radius 3 is 2.36 bits per heavy atom. The van der Waals surface area contributed by atoms with E-state index in [4.69, 9.17) is 24.9 Å². The van der Waals surface area contributed by atoms with Gasteiger partial charge >= 0.3 is 0 Å². The van der Waals surface area contributed by atoms with Crippen molar-refractivity contribution in [2.75, 3.05) is 52.8 Å². The summed E-state index contributed by atoms with van der Waals surface area (Å²) in [6, 6.07) is 5.19. The van der Waals surface area contributed by atoms with Crippen LogP contribution in [0.4, 0.5) is 5.82 Å². The minimum atomic E-state index is -0.283. The summed E-state index contributed by atoms with van der Waals surface area (Å²) in [6.07, 6.45) is 5.21. The molecule has 12 nitrogen and oxygen atoms in total. The average Bonchev–Trinajstić information content (AvgIpc) is 3.34. The number of aryl methyl sites for hydroxylation is 2. The standard InChI is InChI=1S/C27H32N8O4/c1-17-21(15-35(32-17)6-5-34-7-9-39-10-8-34)22-14-29-26(28)25(30-22)23-16-33(2)27(36)24(31-23)18-11-19(37-3)13-20(12-18)38-4/h11-16H,5-10H2,1-4H3,(H2,28,29). The number of morpholine rings is 1. The number of hydrogen-bond acceptors (Lipinski definition) is 10. The van der Waals surface area contributed by atoms with E-state index in [1.165, 1.54) is 4.57 Å². The van der Waals surface area contributed by atoms with Crippen molar-refractivity contribution in [3.63, 3.8) is 0 Å². The van der Waals surface area contributed by atoms with Crippen LogP contribution in [0.15, 0.2) is 41.6 Å². The second-order valence-corrected chi connectivity index (χ2v) is 9.33. The molecule has 0 aliphatic carbocycles. The van der Waals surface area contributed by atoms with Gasteiger partial charge in [0.2, 0.25) is 0 Å².